The second kappa shape index (κ2) is 5.06. The summed E-state index contributed by atoms with van der Waals surface area (Å²) in [7, 11) is 0. The van der Waals surface area contributed by atoms with E-state index in [1.165, 1.54) is 0 Å². The van der Waals surface area contributed by atoms with Gasteiger partial charge in [-0.15, -0.1) is 0 Å². The number of imidazole rings is 1. The van der Waals surface area contributed by atoms with Crippen molar-refractivity contribution >= 4 is 0 Å². The van der Waals surface area contributed by atoms with Crippen LogP contribution in [0.5, 0.6) is 0 Å². The first kappa shape index (κ1) is 15.4. The van der Waals surface area contributed by atoms with Gasteiger partial charge in [0.25, 0.3) is 0 Å². The van der Waals surface area contributed by atoms with Crippen molar-refractivity contribution in [1.29, 1.82) is 0 Å². The van der Waals surface area contributed by atoms with Gasteiger partial charge >= 0.3 is 12.4 Å². The van der Waals surface area contributed by atoms with Crippen LogP contribution in [0.4, 0.5) is 26.3 Å². The van der Waals surface area contributed by atoms with E-state index in [1.807, 2.05) is 0 Å². The van der Waals surface area contributed by atoms with Gasteiger partial charge in [-0.05, 0) is 18.2 Å². The lowest BCUT2D eigenvalue weighted by atomic mass is 10.0. The summed E-state index contributed by atoms with van der Waals surface area (Å²) in [5.41, 5.74) is -3.18. The van der Waals surface area contributed by atoms with E-state index in [1.54, 1.807) is 0 Å². The molecule has 21 heavy (non-hydrogen) atoms. The van der Waals surface area contributed by atoms with E-state index >= 15 is 0 Å². The van der Waals surface area contributed by atoms with Crippen LogP contribution in [-0.4, -0.2) is 15.1 Å². The molecule has 0 fully saturated rings. The fraction of sp³-hybridized carbons (Fsp3) is 0.250. The fourth-order valence-electron chi connectivity index (χ4n) is 1.70. The quantitative estimate of drug-likeness (QED) is 0.833. The number of aliphatic hydroxyl groups is 1. The topological polar surface area (TPSA) is 48.9 Å². The highest BCUT2D eigenvalue weighted by atomic mass is 19.4. The SMILES string of the molecule is OCc1ncc(-c2cc(C(F)(F)F)cc(C(F)(F)F)c2)[nH]1. The van der Waals surface area contributed by atoms with Gasteiger partial charge in [0.15, 0.2) is 0 Å². The first-order valence-corrected chi connectivity index (χ1v) is 5.56. The molecule has 0 aliphatic rings. The number of halogens is 6. The number of alkyl halides is 6. The van der Waals surface area contributed by atoms with Crippen molar-refractivity contribution in [2.45, 2.75) is 19.0 Å². The Kier molecular flexibility index (Phi) is 3.70. The number of aromatic nitrogens is 2. The molecule has 1 aromatic heterocycles. The van der Waals surface area contributed by atoms with Crippen LogP contribution in [-0.2, 0) is 19.0 Å². The molecular weight excluding hydrogens is 302 g/mol. The van der Waals surface area contributed by atoms with Crippen molar-refractivity contribution in [3.05, 3.63) is 41.3 Å². The first-order chi connectivity index (χ1) is 9.61. The van der Waals surface area contributed by atoms with Gasteiger partial charge in [0.2, 0.25) is 0 Å². The summed E-state index contributed by atoms with van der Waals surface area (Å²) in [5.74, 6) is 0.0379. The fourth-order valence-corrected chi connectivity index (χ4v) is 1.70. The minimum absolute atomic E-state index is 0.0379. The summed E-state index contributed by atoms with van der Waals surface area (Å²) in [6.07, 6.45) is -8.76. The molecule has 2 N–H and O–H groups in total. The number of aromatic amines is 1. The van der Waals surface area contributed by atoms with E-state index in [0.29, 0.717) is 12.1 Å². The summed E-state index contributed by atoms with van der Waals surface area (Å²) >= 11 is 0. The average Bonchev–Trinajstić information content (AvgIpc) is 2.85. The molecule has 0 saturated heterocycles. The van der Waals surface area contributed by atoms with Crippen LogP contribution in [0.1, 0.15) is 17.0 Å². The number of aliphatic hydroxyl groups excluding tert-OH is 1. The molecular formula is C12H8F6N2O. The zero-order valence-corrected chi connectivity index (χ0v) is 10.2. The average molecular weight is 310 g/mol. The third-order valence-corrected chi connectivity index (χ3v) is 2.68. The van der Waals surface area contributed by atoms with Crippen LogP contribution in [0, 0.1) is 0 Å². The van der Waals surface area contributed by atoms with Crippen LogP contribution in [0.3, 0.4) is 0 Å². The van der Waals surface area contributed by atoms with Crippen LogP contribution < -0.4 is 0 Å². The Bertz CT molecular complexity index is 612. The number of hydrogen-bond donors (Lipinski definition) is 2. The molecule has 0 atom stereocenters. The number of nitrogens with one attached hydrogen (secondary N) is 1. The third kappa shape index (κ3) is 3.35. The molecule has 1 heterocycles. The molecule has 0 bridgehead atoms. The van der Waals surface area contributed by atoms with E-state index in [0.717, 1.165) is 6.20 Å². The van der Waals surface area contributed by atoms with Crippen molar-refractivity contribution in [1.82, 2.24) is 9.97 Å². The Balaban J connectivity index is 2.60. The molecule has 0 spiro atoms. The molecule has 0 radical (unpaired) electrons. The normalized spacial score (nSPS) is 12.7. The minimum atomic E-state index is -4.91. The second-order valence-corrected chi connectivity index (χ2v) is 4.20. The van der Waals surface area contributed by atoms with Crippen LogP contribution in [0.2, 0.25) is 0 Å². The molecule has 0 aliphatic carbocycles. The monoisotopic (exact) mass is 310 g/mol. The number of nitrogens with zero attached hydrogens (tertiary/aromatic N) is 1. The number of rotatable bonds is 2. The van der Waals surface area contributed by atoms with Crippen LogP contribution >= 0.6 is 0 Å². The summed E-state index contributed by atoms with van der Waals surface area (Å²) in [4.78, 5) is 6.07. The van der Waals surface area contributed by atoms with Crippen molar-refractivity contribution in [3.8, 4) is 11.3 Å². The Morgan fingerprint density at radius 2 is 1.48 bits per heavy atom. The van der Waals surface area contributed by atoms with Gasteiger partial charge in [0.1, 0.15) is 12.4 Å². The van der Waals surface area contributed by atoms with Gasteiger partial charge in [-0.1, -0.05) is 0 Å². The molecule has 2 rings (SSSR count). The minimum Gasteiger partial charge on any atom is -0.388 e. The zero-order chi connectivity index (χ0) is 15.8. The summed E-state index contributed by atoms with van der Waals surface area (Å²) < 4.78 is 76.1. The molecule has 2 aromatic rings. The van der Waals surface area contributed by atoms with Crippen molar-refractivity contribution < 1.29 is 31.4 Å². The highest BCUT2D eigenvalue weighted by Gasteiger charge is 2.37. The van der Waals surface area contributed by atoms with Gasteiger partial charge < -0.3 is 10.1 Å². The number of H-pyrrole nitrogens is 1. The van der Waals surface area contributed by atoms with E-state index in [9.17, 15) is 26.3 Å². The maximum absolute atomic E-state index is 12.7. The highest BCUT2D eigenvalue weighted by Crippen LogP contribution is 2.38. The van der Waals surface area contributed by atoms with Gasteiger partial charge in [-0.25, -0.2) is 4.98 Å². The van der Waals surface area contributed by atoms with Crippen molar-refractivity contribution in [2.24, 2.45) is 0 Å². The Morgan fingerprint density at radius 3 is 1.86 bits per heavy atom. The maximum atomic E-state index is 12.7. The van der Waals surface area contributed by atoms with Crippen molar-refractivity contribution in [3.63, 3.8) is 0 Å². The Hall–Kier alpha value is -2.03. The van der Waals surface area contributed by atoms with Gasteiger partial charge in [0, 0.05) is 5.56 Å². The predicted octanol–water partition coefficient (Wildman–Crippen LogP) is 3.61. The lowest BCUT2D eigenvalue weighted by Gasteiger charge is -2.13. The lowest BCUT2D eigenvalue weighted by molar-refractivity contribution is -0.143. The largest absolute Gasteiger partial charge is 0.416 e. The van der Waals surface area contributed by atoms with Crippen LogP contribution in [0.15, 0.2) is 24.4 Å². The van der Waals surface area contributed by atoms with E-state index in [4.69, 9.17) is 5.11 Å². The van der Waals surface area contributed by atoms with E-state index in [2.05, 4.69) is 9.97 Å². The summed E-state index contributed by atoms with van der Waals surface area (Å²) in [5, 5.41) is 8.81. The Morgan fingerprint density at radius 1 is 0.952 bits per heavy atom. The van der Waals surface area contributed by atoms with Gasteiger partial charge in [-0.2, -0.15) is 26.3 Å². The number of benzene rings is 1. The second-order valence-electron chi connectivity index (χ2n) is 4.20. The highest BCUT2D eigenvalue weighted by molar-refractivity contribution is 5.61. The van der Waals surface area contributed by atoms with Crippen LogP contribution in [0.25, 0.3) is 11.3 Å². The molecule has 0 aliphatic heterocycles. The predicted molar refractivity (Wildman–Crippen MR) is 60.0 cm³/mol. The first-order valence-electron chi connectivity index (χ1n) is 5.56. The molecule has 114 valence electrons. The molecule has 0 unspecified atom stereocenters. The molecule has 0 saturated carbocycles. The Labute approximate surface area is 114 Å². The maximum Gasteiger partial charge on any atom is 0.416 e. The summed E-state index contributed by atoms with van der Waals surface area (Å²) in [6, 6.07) is 1.22. The lowest BCUT2D eigenvalue weighted by Crippen LogP contribution is -2.11. The molecule has 0 amide bonds. The molecule has 1 aromatic carbocycles. The zero-order valence-electron chi connectivity index (χ0n) is 10.2. The number of hydrogen-bond acceptors (Lipinski definition) is 2. The van der Waals surface area contributed by atoms with Gasteiger partial charge in [0.05, 0.1) is 23.0 Å². The summed E-state index contributed by atoms with van der Waals surface area (Å²) in [6.45, 7) is -0.509. The van der Waals surface area contributed by atoms with Crippen molar-refractivity contribution in [2.75, 3.05) is 0 Å². The molecule has 9 heteroatoms. The smallest absolute Gasteiger partial charge is 0.388 e. The van der Waals surface area contributed by atoms with E-state index < -0.39 is 30.1 Å². The standard InChI is InChI=1S/C12H8F6N2O/c13-11(14,15)7-1-6(2-8(3-7)12(16,17)18)9-4-19-10(5-21)20-9/h1-4,21H,5H2,(H,19,20). The van der Waals surface area contributed by atoms with E-state index in [-0.39, 0.29) is 23.1 Å². The van der Waals surface area contributed by atoms with Gasteiger partial charge in [-0.3, -0.25) is 0 Å². The molecule has 3 nitrogen and oxygen atoms in total. The third-order valence-electron chi connectivity index (χ3n) is 2.68.